The van der Waals surface area contributed by atoms with E-state index in [4.69, 9.17) is 0 Å². The summed E-state index contributed by atoms with van der Waals surface area (Å²) in [5, 5.41) is 3.31. The van der Waals surface area contributed by atoms with Gasteiger partial charge >= 0.3 is 5.69 Å². The highest BCUT2D eigenvalue weighted by molar-refractivity contribution is 5.71. The molecule has 21 heavy (non-hydrogen) atoms. The molecule has 114 valence electrons. The van der Waals surface area contributed by atoms with Crippen molar-refractivity contribution in [3.63, 3.8) is 0 Å². The number of fused-ring (bicyclic) bond motifs is 1. The van der Waals surface area contributed by atoms with Crippen molar-refractivity contribution < 1.29 is 0 Å². The van der Waals surface area contributed by atoms with Crippen molar-refractivity contribution in [1.82, 2.24) is 24.0 Å². The standard InChI is InChI=1S/C14H21N5O2/c1-8(2)18-12-11(13(20)17(4)14(18)21)19(9(3)16-12)10-5-6-15-7-10/h8,10,15H,5-7H2,1-4H3. The summed E-state index contributed by atoms with van der Waals surface area (Å²) in [4.78, 5) is 29.5. The number of nitrogens with zero attached hydrogens (tertiary/aromatic N) is 4. The summed E-state index contributed by atoms with van der Waals surface area (Å²) in [5.74, 6) is 0.788. The fraction of sp³-hybridized carbons (Fsp3) is 0.643. The topological polar surface area (TPSA) is 73.8 Å². The molecule has 0 saturated carbocycles. The first-order valence-corrected chi connectivity index (χ1v) is 7.34. The lowest BCUT2D eigenvalue weighted by Crippen LogP contribution is -2.39. The van der Waals surface area contributed by atoms with Crippen molar-refractivity contribution >= 4 is 11.2 Å². The zero-order valence-corrected chi connectivity index (χ0v) is 12.9. The van der Waals surface area contributed by atoms with Crippen LogP contribution in [-0.2, 0) is 7.05 Å². The Morgan fingerprint density at radius 3 is 2.62 bits per heavy atom. The van der Waals surface area contributed by atoms with Crippen LogP contribution in [0.1, 0.15) is 38.2 Å². The van der Waals surface area contributed by atoms with Crippen LogP contribution in [0.5, 0.6) is 0 Å². The highest BCUT2D eigenvalue weighted by atomic mass is 16.2. The molecule has 0 aromatic carbocycles. The van der Waals surface area contributed by atoms with Crippen LogP contribution in [-0.4, -0.2) is 31.8 Å². The molecule has 1 atom stereocenters. The van der Waals surface area contributed by atoms with Crippen molar-refractivity contribution in [3.8, 4) is 0 Å². The van der Waals surface area contributed by atoms with Crippen molar-refractivity contribution in [3.05, 3.63) is 26.7 Å². The molecule has 1 aliphatic rings. The van der Waals surface area contributed by atoms with Gasteiger partial charge in [0, 0.05) is 25.7 Å². The van der Waals surface area contributed by atoms with Gasteiger partial charge in [0.2, 0.25) is 0 Å². The van der Waals surface area contributed by atoms with Gasteiger partial charge in [0.05, 0.1) is 0 Å². The van der Waals surface area contributed by atoms with Gasteiger partial charge in [-0.1, -0.05) is 0 Å². The van der Waals surface area contributed by atoms with E-state index in [-0.39, 0.29) is 23.3 Å². The van der Waals surface area contributed by atoms with E-state index < -0.39 is 0 Å². The van der Waals surface area contributed by atoms with Gasteiger partial charge in [-0.25, -0.2) is 9.78 Å². The lowest BCUT2D eigenvalue weighted by atomic mass is 10.2. The van der Waals surface area contributed by atoms with Crippen molar-refractivity contribution in [1.29, 1.82) is 0 Å². The van der Waals surface area contributed by atoms with Gasteiger partial charge in [0.1, 0.15) is 5.82 Å². The zero-order chi connectivity index (χ0) is 15.3. The van der Waals surface area contributed by atoms with Crippen LogP contribution < -0.4 is 16.6 Å². The van der Waals surface area contributed by atoms with Gasteiger partial charge in [-0.3, -0.25) is 13.9 Å². The molecule has 2 aromatic heterocycles. The molecule has 3 heterocycles. The minimum Gasteiger partial charge on any atom is -0.318 e. The molecule has 0 radical (unpaired) electrons. The summed E-state index contributed by atoms with van der Waals surface area (Å²) in [5.41, 5.74) is 0.468. The first-order valence-electron chi connectivity index (χ1n) is 7.34. The van der Waals surface area contributed by atoms with E-state index in [9.17, 15) is 9.59 Å². The van der Waals surface area contributed by atoms with Crippen LogP contribution in [0.25, 0.3) is 11.2 Å². The summed E-state index contributed by atoms with van der Waals surface area (Å²) in [6.45, 7) is 7.52. The van der Waals surface area contributed by atoms with Crippen LogP contribution in [0.15, 0.2) is 9.59 Å². The van der Waals surface area contributed by atoms with Crippen LogP contribution >= 0.6 is 0 Å². The molecule has 0 spiro atoms. The van der Waals surface area contributed by atoms with E-state index in [0.29, 0.717) is 11.2 Å². The molecule has 7 nitrogen and oxygen atoms in total. The molecule has 1 N–H and O–H groups in total. The van der Waals surface area contributed by atoms with Crippen molar-refractivity contribution in [2.75, 3.05) is 13.1 Å². The van der Waals surface area contributed by atoms with Crippen molar-refractivity contribution in [2.24, 2.45) is 7.05 Å². The number of nitrogens with one attached hydrogen (secondary N) is 1. The molecular formula is C14H21N5O2. The molecule has 1 unspecified atom stereocenters. The Labute approximate surface area is 122 Å². The van der Waals surface area contributed by atoms with E-state index in [1.165, 1.54) is 11.6 Å². The van der Waals surface area contributed by atoms with Crippen LogP contribution in [0, 0.1) is 6.92 Å². The molecule has 0 bridgehead atoms. The third kappa shape index (κ3) is 1.95. The lowest BCUT2D eigenvalue weighted by Gasteiger charge is -2.15. The predicted octanol–water partition coefficient (Wildman–Crippen LogP) is 0.320. The number of imidazole rings is 1. The van der Waals surface area contributed by atoms with E-state index in [1.54, 1.807) is 4.57 Å². The normalized spacial score (nSPS) is 19.0. The summed E-state index contributed by atoms with van der Waals surface area (Å²) in [7, 11) is 1.53. The Morgan fingerprint density at radius 1 is 1.33 bits per heavy atom. The second kappa shape index (κ2) is 4.84. The molecule has 0 amide bonds. The van der Waals surface area contributed by atoms with Gasteiger partial charge in [-0.2, -0.15) is 0 Å². The maximum Gasteiger partial charge on any atom is 0.332 e. The van der Waals surface area contributed by atoms with Gasteiger partial charge in [-0.05, 0) is 33.7 Å². The summed E-state index contributed by atoms with van der Waals surface area (Å²) in [6, 6.07) is 0.178. The van der Waals surface area contributed by atoms with E-state index >= 15 is 0 Å². The maximum atomic E-state index is 12.6. The second-order valence-corrected chi connectivity index (χ2v) is 5.96. The smallest absolute Gasteiger partial charge is 0.318 e. The van der Waals surface area contributed by atoms with Gasteiger partial charge < -0.3 is 9.88 Å². The fourth-order valence-corrected chi connectivity index (χ4v) is 3.17. The largest absolute Gasteiger partial charge is 0.332 e. The van der Waals surface area contributed by atoms with Gasteiger partial charge in [0.25, 0.3) is 5.56 Å². The third-order valence-corrected chi connectivity index (χ3v) is 4.21. The minimum absolute atomic E-state index is 0.0451. The summed E-state index contributed by atoms with van der Waals surface area (Å²) in [6.07, 6.45) is 0.969. The second-order valence-electron chi connectivity index (χ2n) is 5.96. The molecule has 0 aliphatic carbocycles. The SMILES string of the molecule is Cc1nc2c(c(=O)n(C)c(=O)n2C(C)C)n1C1CCNC1. The predicted molar refractivity (Wildman–Crippen MR) is 80.9 cm³/mol. The minimum atomic E-state index is -0.309. The summed E-state index contributed by atoms with van der Waals surface area (Å²) >= 11 is 0. The Morgan fingerprint density at radius 2 is 2.05 bits per heavy atom. The fourth-order valence-electron chi connectivity index (χ4n) is 3.17. The van der Waals surface area contributed by atoms with E-state index in [0.717, 1.165) is 25.3 Å². The maximum absolute atomic E-state index is 12.6. The molecule has 3 rings (SSSR count). The number of hydrogen-bond acceptors (Lipinski definition) is 4. The van der Waals surface area contributed by atoms with Gasteiger partial charge in [0.15, 0.2) is 11.2 Å². The summed E-state index contributed by atoms with van der Waals surface area (Å²) < 4.78 is 4.78. The Kier molecular flexibility index (Phi) is 3.24. The van der Waals surface area contributed by atoms with Crippen LogP contribution in [0.4, 0.5) is 0 Å². The molecule has 1 fully saturated rings. The number of hydrogen-bond donors (Lipinski definition) is 1. The number of aryl methyl sites for hydroxylation is 1. The number of rotatable bonds is 2. The molecule has 1 saturated heterocycles. The van der Waals surface area contributed by atoms with Gasteiger partial charge in [-0.15, -0.1) is 0 Å². The van der Waals surface area contributed by atoms with E-state index in [1.807, 2.05) is 25.3 Å². The van der Waals surface area contributed by atoms with E-state index in [2.05, 4.69) is 10.3 Å². The first kappa shape index (κ1) is 14.1. The lowest BCUT2D eigenvalue weighted by molar-refractivity contribution is 0.536. The highest BCUT2D eigenvalue weighted by Crippen LogP contribution is 2.23. The average Bonchev–Trinajstić information content (AvgIpc) is 3.03. The molecular weight excluding hydrogens is 270 g/mol. The zero-order valence-electron chi connectivity index (χ0n) is 12.9. The number of aromatic nitrogens is 4. The molecule has 2 aromatic rings. The quantitative estimate of drug-likeness (QED) is 0.865. The molecule has 1 aliphatic heterocycles. The molecule has 7 heteroatoms. The van der Waals surface area contributed by atoms with Crippen LogP contribution in [0.2, 0.25) is 0 Å². The third-order valence-electron chi connectivity index (χ3n) is 4.21. The first-order chi connectivity index (χ1) is 9.93. The van der Waals surface area contributed by atoms with Crippen molar-refractivity contribution in [2.45, 2.75) is 39.3 Å². The Balaban J connectivity index is 2.44. The highest BCUT2D eigenvalue weighted by Gasteiger charge is 2.25. The monoisotopic (exact) mass is 291 g/mol. The average molecular weight is 291 g/mol. The van der Waals surface area contributed by atoms with Crippen LogP contribution in [0.3, 0.4) is 0 Å². The Bertz CT molecular complexity index is 805. The Hall–Kier alpha value is -1.89.